The molecule has 1 saturated heterocycles. The molecule has 2 N–H and O–H groups in total. The molecule has 0 unspecified atom stereocenters. The van der Waals surface area contributed by atoms with Crippen molar-refractivity contribution < 1.29 is 0 Å². The molecule has 1 aromatic carbocycles. The fraction of sp³-hybridized carbons (Fsp3) is 0.353. The molecule has 0 amide bonds. The van der Waals surface area contributed by atoms with Gasteiger partial charge in [0.2, 0.25) is 0 Å². The number of nitrogens with zero attached hydrogens (tertiary/aromatic N) is 1. The molecule has 0 saturated carbocycles. The number of thioether (sulfide) groups is 1. The van der Waals surface area contributed by atoms with Crippen molar-refractivity contribution in [1.82, 2.24) is 10.3 Å². The standard InChI is InChI=1S/C17H21N3S/c1-2-5-14(6-3-1)13-19-16-7-4-8-17(20-16)21-15-9-11-18-12-10-15/h1-8,15,18H,9-13H2,(H,19,20). The topological polar surface area (TPSA) is 37.0 Å². The lowest BCUT2D eigenvalue weighted by atomic mass is 10.2. The van der Waals surface area contributed by atoms with Crippen LogP contribution >= 0.6 is 11.8 Å². The fourth-order valence-corrected chi connectivity index (χ4v) is 3.57. The van der Waals surface area contributed by atoms with Gasteiger partial charge in [-0.15, -0.1) is 11.8 Å². The lowest BCUT2D eigenvalue weighted by Gasteiger charge is -2.21. The van der Waals surface area contributed by atoms with Gasteiger partial charge in [0.1, 0.15) is 5.82 Å². The molecule has 21 heavy (non-hydrogen) atoms. The minimum absolute atomic E-state index is 0.697. The first kappa shape index (κ1) is 14.4. The molecule has 0 radical (unpaired) electrons. The maximum atomic E-state index is 4.71. The normalized spacial score (nSPS) is 15.8. The van der Waals surface area contributed by atoms with E-state index >= 15 is 0 Å². The zero-order valence-corrected chi connectivity index (χ0v) is 12.9. The number of pyridine rings is 1. The maximum absolute atomic E-state index is 4.71. The van der Waals surface area contributed by atoms with Crippen molar-refractivity contribution >= 4 is 17.6 Å². The summed E-state index contributed by atoms with van der Waals surface area (Å²) in [6.45, 7) is 3.07. The van der Waals surface area contributed by atoms with E-state index in [2.05, 4.69) is 47.0 Å². The van der Waals surface area contributed by atoms with E-state index < -0.39 is 0 Å². The predicted octanol–water partition coefficient (Wildman–Crippen LogP) is 3.54. The van der Waals surface area contributed by atoms with Crippen LogP contribution in [0.5, 0.6) is 0 Å². The molecule has 4 heteroatoms. The Kier molecular flexibility index (Phi) is 5.13. The first-order valence-electron chi connectivity index (χ1n) is 7.52. The number of hydrogen-bond donors (Lipinski definition) is 2. The Morgan fingerprint density at radius 1 is 1.05 bits per heavy atom. The number of hydrogen-bond acceptors (Lipinski definition) is 4. The molecule has 0 atom stereocenters. The van der Waals surface area contributed by atoms with Gasteiger partial charge in [0.25, 0.3) is 0 Å². The monoisotopic (exact) mass is 299 g/mol. The molecule has 2 aromatic rings. The average Bonchev–Trinajstić information content (AvgIpc) is 2.55. The van der Waals surface area contributed by atoms with E-state index in [0.717, 1.165) is 30.5 Å². The van der Waals surface area contributed by atoms with Crippen molar-refractivity contribution in [3.63, 3.8) is 0 Å². The summed E-state index contributed by atoms with van der Waals surface area (Å²) < 4.78 is 0. The van der Waals surface area contributed by atoms with Gasteiger partial charge in [0, 0.05) is 11.8 Å². The lowest BCUT2D eigenvalue weighted by molar-refractivity contribution is 0.531. The Labute approximate surface area is 130 Å². The van der Waals surface area contributed by atoms with Gasteiger partial charge >= 0.3 is 0 Å². The second-order valence-electron chi connectivity index (χ2n) is 5.27. The zero-order chi connectivity index (χ0) is 14.3. The van der Waals surface area contributed by atoms with Crippen LogP contribution in [0.2, 0.25) is 0 Å². The van der Waals surface area contributed by atoms with E-state index in [9.17, 15) is 0 Å². The highest BCUT2D eigenvalue weighted by atomic mass is 32.2. The highest BCUT2D eigenvalue weighted by Gasteiger charge is 2.14. The SMILES string of the molecule is c1ccc(CNc2cccc(SC3CCNCC3)n2)cc1. The molecular formula is C17H21N3S. The van der Waals surface area contributed by atoms with E-state index in [1.807, 2.05) is 23.9 Å². The van der Waals surface area contributed by atoms with Crippen LogP contribution in [0.15, 0.2) is 53.6 Å². The number of piperidine rings is 1. The van der Waals surface area contributed by atoms with E-state index in [1.54, 1.807) is 0 Å². The third kappa shape index (κ3) is 4.48. The van der Waals surface area contributed by atoms with Gasteiger partial charge in [-0.1, -0.05) is 36.4 Å². The molecule has 1 aromatic heterocycles. The molecule has 1 aliphatic heterocycles. The molecule has 0 aliphatic carbocycles. The summed E-state index contributed by atoms with van der Waals surface area (Å²) in [5.41, 5.74) is 1.27. The maximum Gasteiger partial charge on any atom is 0.127 e. The number of aromatic nitrogens is 1. The molecule has 2 heterocycles. The van der Waals surface area contributed by atoms with Crippen molar-refractivity contribution in [2.75, 3.05) is 18.4 Å². The van der Waals surface area contributed by atoms with Gasteiger partial charge in [0.05, 0.1) is 5.03 Å². The highest BCUT2D eigenvalue weighted by molar-refractivity contribution is 7.99. The summed E-state index contributed by atoms with van der Waals surface area (Å²) in [4.78, 5) is 4.71. The minimum Gasteiger partial charge on any atom is -0.366 e. The van der Waals surface area contributed by atoms with Crippen molar-refractivity contribution in [3.05, 3.63) is 54.1 Å². The number of anilines is 1. The average molecular weight is 299 g/mol. The van der Waals surface area contributed by atoms with Crippen molar-refractivity contribution in [1.29, 1.82) is 0 Å². The van der Waals surface area contributed by atoms with Gasteiger partial charge in [-0.05, 0) is 43.6 Å². The Hall–Kier alpha value is -1.52. The van der Waals surface area contributed by atoms with Crippen LogP contribution in [0, 0.1) is 0 Å². The van der Waals surface area contributed by atoms with Crippen LogP contribution in [0.3, 0.4) is 0 Å². The highest BCUT2D eigenvalue weighted by Crippen LogP contribution is 2.27. The minimum atomic E-state index is 0.697. The summed E-state index contributed by atoms with van der Waals surface area (Å²) in [6.07, 6.45) is 2.46. The van der Waals surface area contributed by atoms with Crippen LogP contribution in [0.25, 0.3) is 0 Å². The van der Waals surface area contributed by atoms with Crippen molar-refractivity contribution in [2.45, 2.75) is 29.7 Å². The Morgan fingerprint density at radius 2 is 1.86 bits per heavy atom. The van der Waals surface area contributed by atoms with E-state index in [4.69, 9.17) is 4.98 Å². The summed E-state index contributed by atoms with van der Waals surface area (Å²) in [5.74, 6) is 0.956. The summed E-state index contributed by atoms with van der Waals surface area (Å²) >= 11 is 1.91. The second kappa shape index (κ2) is 7.48. The van der Waals surface area contributed by atoms with Gasteiger partial charge in [-0.2, -0.15) is 0 Å². The van der Waals surface area contributed by atoms with Crippen LogP contribution < -0.4 is 10.6 Å². The van der Waals surface area contributed by atoms with Crippen LogP contribution in [-0.4, -0.2) is 23.3 Å². The largest absolute Gasteiger partial charge is 0.366 e. The summed E-state index contributed by atoms with van der Waals surface area (Å²) in [5, 5.41) is 8.63. The van der Waals surface area contributed by atoms with Gasteiger partial charge in [0.15, 0.2) is 0 Å². The number of nitrogens with one attached hydrogen (secondary N) is 2. The molecular weight excluding hydrogens is 278 g/mol. The van der Waals surface area contributed by atoms with Gasteiger partial charge in [-0.3, -0.25) is 0 Å². The molecule has 1 fully saturated rings. The van der Waals surface area contributed by atoms with E-state index in [-0.39, 0.29) is 0 Å². The van der Waals surface area contributed by atoms with Crippen LogP contribution in [0.1, 0.15) is 18.4 Å². The Balaban J connectivity index is 1.57. The first-order valence-corrected chi connectivity index (χ1v) is 8.40. The zero-order valence-electron chi connectivity index (χ0n) is 12.1. The molecule has 3 nitrogen and oxygen atoms in total. The van der Waals surface area contributed by atoms with Crippen molar-refractivity contribution in [3.8, 4) is 0 Å². The van der Waals surface area contributed by atoms with Crippen LogP contribution in [-0.2, 0) is 6.54 Å². The third-order valence-electron chi connectivity index (χ3n) is 3.61. The predicted molar refractivity (Wildman–Crippen MR) is 89.8 cm³/mol. The lowest BCUT2D eigenvalue weighted by Crippen LogP contribution is -2.29. The first-order chi connectivity index (χ1) is 10.4. The van der Waals surface area contributed by atoms with Gasteiger partial charge in [-0.25, -0.2) is 4.98 Å². The quantitative estimate of drug-likeness (QED) is 0.885. The summed E-state index contributed by atoms with van der Waals surface area (Å²) in [7, 11) is 0. The number of benzene rings is 1. The van der Waals surface area contributed by atoms with Gasteiger partial charge < -0.3 is 10.6 Å². The number of rotatable bonds is 5. The summed E-state index contributed by atoms with van der Waals surface area (Å²) in [6, 6.07) is 16.7. The smallest absolute Gasteiger partial charge is 0.127 e. The Bertz CT molecular complexity index is 553. The molecule has 0 bridgehead atoms. The van der Waals surface area contributed by atoms with Crippen LogP contribution in [0.4, 0.5) is 5.82 Å². The van der Waals surface area contributed by atoms with Crippen molar-refractivity contribution in [2.24, 2.45) is 0 Å². The third-order valence-corrected chi connectivity index (χ3v) is 4.89. The molecule has 3 rings (SSSR count). The molecule has 1 aliphatic rings. The Morgan fingerprint density at radius 3 is 2.67 bits per heavy atom. The fourth-order valence-electron chi connectivity index (χ4n) is 2.45. The van der Waals surface area contributed by atoms with E-state index in [1.165, 1.54) is 18.4 Å². The van der Waals surface area contributed by atoms with E-state index in [0.29, 0.717) is 5.25 Å². The molecule has 0 spiro atoms. The molecule has 110 valence electrons. The second-order valence-corrected chi connectivity index (χ2v) is 6.59.